The largest absolute Gasteiger partial charge is 0.339 e. The highest BCUT2D eigenvalue weighted by atomic mass is 16.2. The molecule has 1 amide bonds. The second-order valence-corrected chi connectivity index (χ2v) is 3.50. The fraction of sp³-hybridized carbons (Fsp3) is 0.700. The Labute approximate surface area is 79.6 Å². The molecule has 0 aromatic rings. The Balaban J connectivity index is 2.36. The maximum absolute atomic E-state index is 11.4. The molecule has 0 aromatic heterocycles. The van der Waals surface area contributed by atoms with Gasteiger partial charge in [0.15, 0.2) is 0 Å². The summed E-state index contributed by atoms with van der Waals surface area (Å²) in [6.07, 6.45) is 5.53. The average molecular weight is 182 g/mol. The molecule has 74 valence electrons. The zero-order valence-corrected chi connectivity index (χ0v) is 8.20. The van der Waals surface area contributed by atoms with Gasteiger partial charge in [-0.25, -0.2) is 0 Å². The first-order valence-corrected chi connectivity index (χ1v) is 4.89. The van der Waals surface area contributed by atoms with Crippen molar-refractivity contribution in [3.8, 4) is 0 Å². The van der Waals surface area contributed by atoms with Crippen LogP contribution in [0.4, 0.5) is 0 Å². The van der Waals surface area contributed by atoms with E-state index in [0.717, 1.165) is 32.5 Å². The molecule has 0 aliphatic carbocycles. The number of hydrogen-bond acceptors (Lipinski definition) is 2. The number of nitrogens with zero attached hydrogens (tertiary/aromatic N) is 1. The molecule has 1 aliphatic rings. The monoisotopic (exact) mass is 182 g/mol. The minimum absolute atomic E-state index is 0.137. The van der Waals surface area contributed by atoms with E-state index >= 15 is 0 Å². The molecule has 1 fully saturated rings. The summed E-state index contributed by atoms with van der Waals surface area (Å²) in [6, 6.07) is 0. The Kier molecular flexibility index (Phi) is 3.96. The van der Waals surface area contributed by atoms with Crippen molar-refractivity contribution in [2.24, 2.45) is 11.7 Å². The summed E-state index contributed by atoms with van der Waals surface area (Å²) in [5, 5.41) is 0. The van der Waals surface area contributed by atoms with Crippen LogP contribution in [-0.4, -0.2) is 30.4 Å². The fourth-order valence-electron chi connectivity index (χ4n) is 1.64. The predicted molar refractivity (Wildman–Crippen MR) is 53.2 cm³/mol. The van der Waals surface area contributed by atoms with Gasteiger partial charge in [-0.05, 0) is 38.3 Å². The third kappa shape index (κ3) is 2.84. The van der Waals surface area contributed by atoms with E-state index in [4.69, 9.17) is 5.73 Å². The van der Waals surface area contributed by atoms with Gasteiger partial charge in [-0.2, -0.15) is 0 Å². The van der Waals surface area contributed by atoms with Crippen LogP contribution in [-0.2, 0) is 4.79 Å². The molecule has 3 heteroatoms. The van der Waals surface area contributed by atoms with Crippen molar-refractivity contribution in [3.05, 3.63) is 12.2 Å². The minimum Gasteiger partial charge on any atom is -0.339 e. The Morgan fingerprint density at radius 3 is 2.62 bits per heavy atom. The molecule has 3 nitrogen and oxygen atoms in total. The first kappa shape index (κ1) is 10.3. The van der Waals surface area contributed by atoms with Crippen molar-refractivity contribution in [1.29, 1.82) is 0 Å². The average Bonchev–Trinajstić information content (AvgIpc) is 2.18. The lowest BCUT2D eigenvalue weighted by atomic mass is 9.97. The Morgan fingerprint density at radius 1 is 1.54 bits per heavy atom. The van der Waals surface area contributed by atoms with Crippen molar-refractivity contribution < 1.29 is 4.79 Å². The second kappa shape index (κ2) is 5.02. The van der Waals surface area contributed by atoms with E-state index in [9.17, 15) is 4.79 Å². The van der Waals surface area contributed by atoms with Gasteiger partial charge in [0.25, 0.3) is 0 Å². The molecule has 13 heavy (non-hydrogen) atoms. The number of nitrogens with two attached hydrogens (primary N) is 1. The summed E-state index contributed by atoms with van der Waals surface area (Å²) in [4.78, 5) is 13.3. The summed E-state index contributed by atoms with van der Waals surface area (Å²) >= 11 is 0. The molecule has 0 saturated carbocycles. The molecule has 1 heterocycles. The number of likely N-dealkylation sites (tertiary alicyclic amines) is 1. The van der Waals surface area contributed by atoms with Gasteiger partial charge >= 0.3 is 0 Å². The summed E-state index contributed by atoms with van der Waals surface area (Å²) in [5.41, 5.74) is 5.57. The highest BCUT2D eigenvalue weighted by Crippen LogP contribution is 2.15. The second-order valence-electron chi connectivity index (χ2n) is 3.50. The Morgan fingerprint density at radius 2 is 2.15 bits per heavy atom. The van der Waals surface area contributed by atoms with E-state index < -0.39 is 0 Å². The van der Waals surface area contributed by atoms with E-state index in [0.29, 0.717) is 5.92 Å². The van der Waals surface area contributed by atoms with Crippen LogP contribution >= 0.6 is 0 Å². The summed E-state index contributed by atoms with van der Waals surface area (Å²) < 4.78 is 0. The van der Waals surface area contributed by atoms with Crippen LogP contribution in [0.1, 0.15) is 19.8 Å². The van der Waals surface area contributed by atoms with Gasteiger partial charge in [-0.15, -0.1) is 0 Å². The number of piperidine rings is 1. The maximum atomic E-state index is 11.4. The third-order valence-corrected chi connectivity index (χ3v) is 2.57. The number of carbonyl (C=O) groups excluding carboxylic acids is 1. The first-order valence-electron chi connectivity index (χ1n) is 4.89. The quantitative estimate of drug-likeness (QED) is 0.641. The topological polar surface area (TPSA) is 46.3 Å². The van der Waals surface area contributed by atoms with E-state index in [-0.39, 0.29) is 5.91 Å². The lowest BCUT2D eigenvalue weighted by molar-refractivity contribution is -0.127. The SMILES string of the molecule is CC=CC(=O)N1CCC(CN)CC1. The summed E-state index contributed by atoms with van der Waals surface area (Å²) in [7, 11) is 0. The molecule has 0 bridgehead atoms. The molecule has 0 radical (unpaired) electrons. The maximum Gasteiger partial charge on any atom is 0.246 e. The fourth-order valence-corrected chi connectivity index (χ4v) is 1.64. The van der Waals surface area contributed by atoms with Crippen LogP contribution in [0.15, 0.2) is 12.2 Å². The zero-order valence-electron chi connectivity index (χ0n) is 8.20. The normalized spacial score (nSPS) is 19.7. The number of rotatable bonds is 2. The van der Waals surface area contributed by atoms with Gasteiger partial charge in [0.05, 0.1) is 0 Å². The molecule has 2 N–H and O–H groups in total. The van der Waals surface area contributed by atoms with Crippen LogP contribution in [0, 0.1) is 5.92 Å². The van der Waals surface area contributed by atoms with Gasteiger partial charge < -0.3 is 10.6 Å². The molecule has 0 unspecified atom stereocenters. The summed E-state index contributed by atoms with van der Waals surface area (Å²) in [5.74, 6) is 0.757. The highest BCUT2D eigenvalue weighted by molar-refractivity contribution is 5.87. The van der Waals surface area contributed by atoms with E-state index in [1.54, 1.807) is 12.2 Å². The third-order valence-electron chi connectivity index (χ3n) is 2.57. The van der Waals surface area contributed by atoms with E-state index in [1.165, 1.54) is 0 Å². The summed E-state index contributed by atoms with van der Waals surface area (Å²) in [6.45, 7) is 4.35. The van der Waals surface area contributed by atoms with Crippen molar-refractivity contribution in [3.63, 3.8) is 0 Å². The number of allylic oxidation sites excluding steroid dienone is 1. The van der Waals surface area contributed by atoms with Crippen LogP contribution in [0.5, 0.6) is 0 Å². The molecule has 1 rings (SSSR count). The Bertz CT molecular complexity index is 193. The van der Waals surface area contributed by atoms with E-state index in [1.807, 2.05) is 11.8 Å². The molecule has 0 aromatic carbocycles. The van der Waals surface area contributed by atoms with Crippen LogP contribution in [0.3, 0.4) is 0 Å². The van der Waals surface area contributed by atoms with Gasteiger partial charge in [0, 0.05) is 13.1 Å². The number of hydrogen-bond donors (Lipinski definition) is 1. The number of amides is 1. The van der Waals surface area contributed by atoms with Crippen molar-refractivity contribution in [2.45, 2.75) is 19.8 Å². The lowest BCUT2D eigenvalue weighted by Gasteiger charge is -2.30. The van der Waals surface area contributed by atoms with Gasteiger partial charge in [-0.1, -0.05) is 6.08 Å². The number of carbonyl (C=O) groups is 1. The Hall–Kier alpha value is -0.830. The minimum atomic E-state index is 0.137. The van der Waals surface area contributed by atoms with Gasteiger partial charge in [-0.3, -0.25) is 4.79 Å². The highest BCUT2D eigenvalue weighted by Gasteiger charge is 2.19. The standard InChI is InChI=1S/C10H18N2O/c1-2-3-10(13)12-6-4-9(8-11)5-7-12/h2-3,9H,4-8,11H2,1H3. The lowest BCUT2D eigenvalue weighted by Crippen LogP contribution is -2.39. The van der Waals surface area contributed by atoms with E-state index in [2.05, 4.69) is 0 Å². The van der Waals surface area contributed by atoms with Gasteiger partial charge in [0.1, 0.15) is 0 Å². The van der Waals surface area contributed by atoms with Crippen LogP contribution in [0.2, 0.25) is 0 Å². The van der Waals surface area contributed by atoms with Crippen molar-refractivity contribution in [2.75, 3.05) is 19.6 Å². The molecule has 1 aliphatic heterocycles. The predicted octanol–water partition coefficient (Wildman–Crippen LogP) is 0.760. The van der Waals surface area contributed by atoms with Crippen LogP contribution < -0.4 is 5.73 Å². The molecular weight excluding hydrogens is 164 g/mol. The van der Waals surface area contributed by atoms with Crippen molar-refractivity contribution >= 4 is 5.91 Å². The molecular formula is C10H18N2O. The first-order chi connectivity index (χ1) is 6.27. The zero-order chi connectivity index (χ0) is 9.68. The molecule has 0 atom stereocenters. The van der Waals surface area contributed by atoms with Crippen LogP contribution in [0.25, 0.3) is 0 Å². The molecule has 0 spiro atoms. The smallest absolute Gasteiger partial charge is 0.246 e. The van der Waals surface area contributed by atoms with Crippen molar-refractivity contribution in [1.82, 2.24) is 4.90 Å². The van der Waals surface area contributed by atoms with Gasteiger partial charge in [0.2, 0.25) is 5.91 Å². The molecule has 1 saturated heterocycles.